The SMILES string of the molecule is Cc1cccc(C(=O)c2cnc(NCc3cccnc3)nc2)c1. The van der Waals surface area contributed by atoms with Gasteiger partial charge in [0, 0.05) is 36.9 Å². The van der Waals surface area contributed by atoms with Gasteiger partial charge in [0.25, 0.3) is 0 Å². The summed E-state index contributed by atoms with van der Waals surface area (Å²) in [5.74, 6) is 0.405. The van der Waals surface area contributed by atoms with Crippen molar-refractivity contribution in [3.63, 3.8) is 0 Å². The van der Waals surface area contributed by atoms with E-state index in [9.17, 15) is 4.79 Å². The summed E-state index contributed by atoms with van der Waals surface area (Å²) < 4.78 is 0. The Balaban J connectivity index is 1.68. The molecule has 0 unspecified atom stereocenters. The molecule has 0 atom stereocenters. The summed E-state index contributed by atoms with van der Waals surface area (Å²) in [6, 6.07) is 11.3. The van der Waals surface area contributed by atoms with Gasteiger partial charge < -0.3 is 5.32 Å². The van der Waals surface area contributed by atoms with Gasteiger partial charge in [-0.25, -0.2) is 9.97 Å². The van der Waals surface area contributed by atoms with Gasteiger partial charge in [-0.15, -0.1) is 0 Å². The van der Waals surface area contributed by atoms with Gasteiger partial charge >= 0.3 is 0 Å². The van der Waals surface area contributed by atoms with E-state index in [0.29, 0.717) is 23.6 Å². The average molecular weight is 304 g/mol. The van der Waals surface area contributed by atoms with Crippen LogP contribution in [0.3, 0.4) is 0 Å². The number of rotatable bonds is 5. The van der Waals surface area contributed by atoms with Crippen LogP contribution in [0.4, 0.5) is 5.95 Å². The van der Waals surface area contributed by atoms with Crippen LogP contribution in [0.1, 0.15) is 27.0 Å². The second-order valence-corrected chi connectivity index (χ2v) is 5.21. The molecule has 2 heterocycles. The molecule has 2 aromatic heterocycles. The first-order valence-electron chi connectivity index (χ1n) is 7.28. The van der Waals surface area contributed by atoms with Crippen LogP contribution in [0.5, 0.6) is 0 Å². The third kappa shape index (κ3) is 3.77. The number of ketones is 1. The normalized spacial score (nSPS) is 10.3. The molecule has 0 aliphatic heterocycles. The van der Waals surface area contributed by atoms with Gasteiger partial charge in [0.1, 0.15) is 0 Å². The van der Waals surface area contributed by atoms with Crippen molar-refractivity contribution in [2.24, 2.45) is 0 Å². The van der Waals surface area contributed by atoms with E-state index in [0.717, 1.165) is 11.1 Å². The second-order valence-electron chi connectivity index (χ2n) is 5.21. The lowest BCUT2D eigenvalue weighted by Crippen LogP contribution is -2.07. The highest BCUT2D eigenvalue weighted by Crippen LogP contribution is 2.11. The third-order valence-electron chi connectivity index (χ3n) is 3.37. The Bertz CT molecular complexity index is 801. The number of hydrogen-bond donors (Lipinski definition) is 1. The highest BCUT2D eigenvalue weighted by atomic mass is 16.1. The van der Waals surface area contributed by atoms with E-state index >= 15 is 0 Å². The topological polar surface area (TPSA) is 67.8 Å². The van der Waals surface area contributed by atoms with Gasteiger partial charge in [-0.2, -0.15) is 0 Å². The summed E-state index contributed by atoms with van der Waals surface area (Å²) in [6.45, 7) is 2.54. The van der Waals surface area contributed by atoms with Crippen LogP contribution in [0.2, 0.25) is 0 Å². The van der Waals surface area contributed by atoms with E-state index < -0.39 is 0 Å². The first-order chi connectivity index (χ1) is 11.2. The fourth-order valence-electron chi connectivity index (χ4n) is 2.17. The maximum atomic E-state index is 12.4. The molecule has 5 heteroatoms. The smallest absolute Gasteiger partial charge is 0.222 e. The van der Waals surface area contributed by atoms with Crippen molar-refractivity contribution in [3.05, 3.63) is 83.4 Å². The summed E-state index contributed by atoms with van der Waals surface area (Å²) >= 11 is 0. The van der Waals surface area contributed by atoms with E-state index in [2.05, 4.69) is 20.3 Å². The van der Waals surface area contributed by atoms with Crippen LogP contribution in [-0.4, -0.2) is 20.7 Å². The van der Waals surface area contributed by atoms with E-state index in [-0.39, 0.29) is 5.78 Å². The molecule has 0 amide bonds. The Morgan fingerprint density at radius 2 is 1.87 bits per heavy atom. The molecule has 1 N–H and O–H groups in total. The lowest BCUT2D eigenvalue weighted by Gasteiger charge is -2.05. The molecular formula is C18H16N4O. The Kier molecular flexibility index (Phi) is 4.38. The number of carbonyl (C=O) groups is 1. The zero-order valence-electron chi connectivity index (χ0n) is 12.7. The monoisotopic (exact) mass is 304 g/mol. The van der Waals surface area contributed by atoms with E-state index in [4.69, 9.17) is 0 Å². The number of aryl methyl sites for hydroxylation is 1. The van der Waals surface area contributed by atoms with Crippen molar-refractivity contribution in [1.82, 2.24) is 15.0 Å². The number of nitrogens with one attached hydrogen (secondary N) is 1. The number of pyridine rings is 1. The van der Waals surface area contributed by atoms with Gasteiger partial charge in [0.2, 0.25) is 5.95 Å². The molecule has 114 valence electrons. The fraction of sp³-hybridized carbons (Fsp3) is 0.111. The molecule has 0 aliphatic carbocycles. The fourth-order valence-corrected chi connectivity index (χ4v) is 2.17. The van der Waals surface area contributed by atoms with Crippen LogP contribution in [0, 0.1) is 6.92 Å². The highest BCUT2D eigenvalue weighted by Gasteiger charge is 2.10. The molecule has 0 saturated carbocycles. The Morgan fingerprint density at radius 3 is 2.57 bits per heavy atom. The van der Waals surface area contributed by atoms with Crippen molar-refractivity contribution in [3.8, 4) is 0 Å². The Labute approximate surface area is 134 Å². The van der Waals surface area contributed by atoms with E-state index in [1.807, 2.05) is 37.3 Å². The quantitative estimate of drug-likeness (QED) is 0.734. The molecule has 0 fully saturated rings. The zero-order valence-corrected chi connectivity index (χ0v) is 12.7. The maximum Gasteiger partial charge on any atom is 0.222 e. The molecular weight excluding hydrogens is 288 g/mol. The lowest BCUT2D eigenvalue weighted by molar-refractivity contribution is 0.103. The molecule has 3 aromatic rings. The number of aromatic nitrogens is 3. The Hall–Kier alpha value is -3.08. The number of carbonyl (C=O) groups excluding carboxylic acids is 1. The van der Waals surface area contributed by atoms with Crippen LogP contribution in [-0.2, 0) is 6.54 Å². The summed E-state index contributed by atoms with van der Waals surface area (Å²) in [5.41, 5.74) is 3.20. The van der Waals surface area contributed by atoms with Gasteiger partial charge in [-0.05, 0) is 24.6 Å². The summed E-state index contributed by atoms with van der Waals surface area (Å²) in [6.07, 6.45) is 6.60. The van der Waals surface area contributed by atoms with Gasteiger partial charge in [0.05, 0.1) is 5.56 Å². The molecule has 0 bridgehead atoms. The minimum absolute atomic E-state index is 0.0764. The zero-order chi connectivity index (χ0) is 16.1. The van der Waals surface area contributed by atoms with E-state index in [1.165, 1.54) is 0 Å². The first kappa shape index (κ1) is 14.8. The van der Waals surface area contributed by atoms with Gasteiger partial charge in [-0.3, -0.25) is 9.78 Å². The van der Waals surface area contributed by atoms with Crippen molar-refractivity contribution in [2.45, 2.75) is 13.5 Å². The minimum atomic E-state index is -0.0764. The third-order valence-corrected chi connectivity index (χ3v) is 3.37. The molecule has 3 rings (SSSR count). The molecule has 5 nitrogen and oxygen atoms in total. The van der Waals surface area contributed by atoms with Crippen molar-refractivity contribution in [2.75, 3.05) is 5.32 Å². The van der Waals surface area contributed by atoms with Crippen LogP contribution in [0.25, 0.3) is 0 Å². The molecule has 1 aromatic carbocycles. The van der Waals surface area contributed by atoms with Crippen molar-refractivity contribution >= 4 is 11.7 Å². The minimum Gasteiger partial charge on any atom is -0.350 e. The summed E-state index contributed by atoms with van der Waals surface area (Å²) in [5, 5.41) is 3.10. The number of anilines is 1. The van der Waals surface area contributed by atoms with Gasteiger partial charge in [0.15, 0.2) is 5.78 Å². The summed E-state index contributed by atoms with van der Waals surface area (Å²) in [4.78, 5) is 24.8. The standard InChI is InChI=1S/C18H16N4O/c1-13-4-2-6-15(8-13)17(23)16-11-21-18(22-12-16)20-10-14-5-3-7-19-9-14/h2-9,11-12H,10H2,1H3,(H,20,21,22). The molecule has 23 heavy (non-hydrogen) atoms. The highest BCUT2D eigenvalue weighted by molar-refractivity contribution is 6.08. The first-order valence-corrected chi connectivity index (χ1v) is 7.28. The number of hydrogen-bond acceptors (Lipinski definition) is 5. The van der Waals surface area contributed by atoms with Crippen molar-refractivity contribution < 1.29 is 4.79 Å². The Morgan fingerprint density at radius 1 is 1.04 bits per heavy atom. The average Bonchev–Trinajstić information content (AvgIpc) is 2.61. The molecule has 0 saturated heterocycles. The molecule has 0 spiro atoms. The molecule has 0 radical (unpaired) electrons. The lowest BCUT2D eigenvalue weighted by atomic mass is 10.0. The maximum absolute atomic E-state index is 12.4. The second kappa shape index (κ2) is 6.79. The van der Waals surface area contributed by atoms with Crippen LogP contribution < -0.4 is 5.32 Å². The van der Waals surface area contributed by atoms with Gasteiger partial charge in [-0.1, -0.05) is 29.8 Å². The predicted molar refractivity (Wildman–Crippen MR) is 88.2 cm³/mol. The van der Waals surface area contributed by atoms with Crippen LogP contribution in [0.15, 0.2) is 61.2 Å². The summed E-state index contributed by atoms with van der Waals surface area (Å²) in [7, 11) is 0. The van der Waals surface area contributed by atoms with Crippen LogP contribution >= 0.6 is 0 Å². The van der Waals surface area contributed by atoms with Crippen molar-refractivity contribution in [1.29, 1.82) is 0 Å². The predicted octanol–water partition coefficient (Wildman–Crippen LogP) is 3.02. The number of benzene rings is 1. The largest absolute Gasteiger partial charge is 0.350 e. The van der Waals surface area contributed by atoms with E-state index in [1.54, 1.807) is 30.9 Å². The molecule has 0 aliphatic rings. The number of nitrogens with zero attached hydrogens (tertiary/aromatic N) is 3.